The number of hydrogen-bond donors (Lipinski definition) is 0. The van der Waals surface area contributed by atoms with Gasteiger partial charge in [0.05, 0.1) is 0 Å². The largest absolute Gasteiger partial charge is 0.366 e. The molecule has 0 atom stereocenters. The molecule has 10 heavy (non-hydrogen) atoms. The van der Waals surface area contributed by atoms with Crippen molar-refractivity contribution in [3.63, 3.8) is 0 Å². The highest BCUT2D eigenvalue weighted by atomic mass is 19.3. The van der Waals surface area contributed by atoms with Crippen LogP contribution in [0.3, 0.4) is 0 Å². The van der Waals surface area contributed by atoms with Crippen molar-refractivity contribution in [3.8, 4) is 0 Å². The number of rotatable bonds is 2. The second-order valence-corrected chi connectivity index (χ2v) is 2.02. The van der Waals surface area contributed by atoms with Crippen molar-refractivity contribution < 1.29 is 22.4 Å². The van der Waals surface area contributed by atoms with Gasteiger partial charge in [-0.1, -0.05) is 0 Å². The molecular weight excluding hydrogens is 152 g/mol. The summed E-state index contributed by atoms with van der Waals surface area (Å²) >= 11 is 0. The van der Waals surface area contributed by atoms with E-state index in [1.807, 2.05) is 0 Å². The van der Waals surface area contributed by atoms with Gasteiger partial charge in [0, 0.05) is 13.8 Å². The molecule has 0 saturated carbocycles. The SMILES string of the molecule is CC(=O)C(F)(F)C(C)(F)F. The summed E-state index contributed by atoms with van der Waals surface area (Å²) < 4.78 is 47.5. The second kappa shape index (κ2) is 2.21. The molecule has 0 heterocycles. The maximum absolute atomic E-state index is 12.0. The third-order valence-corrected chi connectivity index (χ3v) is 0.993. The third kappa shape index (κ3) is 1.46. The van der Waals surface area contributed by atoms with E-state index in [2.05, 4.69) is 0 Å². The van der Waals surface area contributed by atoms with Crippen LogP contribution in [0.1, 0.15) is 13.8 Å². The van der Waals surface area contributed by atoms with Crippen LogP contribution in [0.4, 0.5) is 17.6 Å². The first-order chi connectivity index (χ1) is 4.19. The molecule has 0 aliphatic rings. The van der Waals surface area contributed by atoms with Gasteiger partial charge in [0.2, 0.25) is 5.78 Å². The average molecular weight is 158 g/mol. The summed E-state index contributed by atoms with van der Waals surface area (Å²) in [6, 6.07) is 0. The predicted octanol–water partition coefficient (Wildman–Crippen LogP) is 1.87. The first kappa shape index (κ1) is 9.39. The topological polar surface area (TPSA) is 17.1 Å². The fourth-order valence-corrected chi connectivity index (χ4v) is 0.309. The maximum atomic E-state index is 12.0. The Kier molecular flexibility index (Phi) is 2.08. The van der Waals surface area contributed by atoms with Gasteiger partial charge in [-0.05, 0) is 0 Å². The normalized spacial score (nSPS) is 13.4. The zero-order valence-corrected chi connectivity index (χ0v) is 5.42. The quantitative estimate of drug-likeness (QED) is 0.560. The van der Waals surface area contributed by atoms with Gasteiger partial charge in [-0.3, -0.25) is 4.79 Å². The predicted molar refractivity (Wildman–Crippen MR) is 26.2 cm³/mol. The van der Waals surface area contributed by atoms with Crippen LogP contribution in [-0.4, -0.2) is 17.6 Å². The first-order valence-corrected chi connectivity index (χ1v) is 2.46. The zero-order valence-electron chi connectivity index (χ0n) is 5.42. The lowest BCUT2D eigenvalue weighted by Gasteiger charge is -2.19. The summed E-state index contributed by atoms with van der Waals surface area (Å²) in [6.07, 6.45) is 0. The number of Topliss-reactive ketones (excluding diaryl/α,β-unsaturated/α-hetero) is 1. The molecule has 0 amide bonds. The molecule has 60 valence electrons. The van der Waals surface area contributed by atoms with E-state index in [0.29, 0.717) is 6.92 Å². The molecule has 0 saturated heterocycles. The van der Waals surface area contributed by atoms with Crippen molar-refractivity contribution in [1.82, 2.24) is 0 Å². The van der Waals surface area contributed by atoms with Crippen molar-refractivity contribution in [2.45, 2.75) is 25.7 Å². The summed E-state index contributed by atoms with van der Waals surface area (Å²) in [5.74, 6) is -10.6. The highest BCUT2D eigenvalue weighted by Crippen LogP contribution is 2.33. The van der Waals surface area contributed by atoms with Crippen LogP contribution in [0.15, 0.2) is 0 Å². The van der Waals surface area contributed by atoms with Crippen LogP contribution >= 0.6 is 0 Å². The van der Waals surface area contributed by atoms with Crippen LogP contribution in [0, 0.1) is 0 Å². The van der Waals surface area contributed by atoms with E-state index < -0.39 is 17.6 Å². The highest BCUT2D eigenvalue weighted by molar-refractivity contribution is 5.84. The van der Waals surface area contributed by atoms with Gasteiger partial charge in [0.25, 0.3) is 0 Å². The zero-order chi connectivity index (χ0) is 8.58. The van der Waals surface area contributed by atoms with Gasteiger partial charge < -0.3 is 0 Å². The lowest BCUT2D eigenvalue weighted by molar-refractivity contribution is -0.198. The first-order valence-electron chi connectivity index (χ1n) is 2.46. The van der Waals surface area contributed by atoms with Gasteiger partial charge in [-0.15, -0.1) is 0 Å². The number of carbonyl (C=O) groups is 1. The molecule has 0 fully saturated rings. The molecule has 0 rings (SSSR count). The van der Waals surface area contributed by atoms with Crippen molar-refractivity contribution in [3.05, 3.63) is 0 Å². The lowest BCUT2D eigenvalue weighted by atomic mass is 10.1. The average Bonchev–Trinajstić information content (AvgIpc) is 1.62. The van der Waals surface area contributed by atoms with Crippen LogP contribution in [0.2, 0.25) is 0 Å². The molecule has 0 bridgehead atoms. The highest BCUT2D eigenvalue weighted by Gasteiger charge is 2.56. The molecule has 0 spiro atoms. The molecule has 5 heteroatoms. The molecule has 0 aromatic carbocycles. The summed E-state index contributed by atoms with van der Waals surface area (Å²) in [6.45, 7) is 0.436. The van der Waals surface area contributed by atoms with Gasteiger partial charge in [0.15, 0.2) is 0 Å². The lowest BCUT2D eigenvalue weighted by Crippen LogP contribution is -2.43. The van der Waals surface area contributed by atoms with Gasteiger partial charge in [-0.25, -0.2) is 0 Å². The Balaban J connectivity index is 4.57. The van der Waals surface area contributed by atoms with Crippen LogP contribution in [0.25, 0.3) is 0 Å². The smallest absolute Gasteiger partial charge is 0.293 e. The molecule has 0 aliphatic heterocycles. The van der Waals surface area contributed by atoms with E-state index >= 15 is 0 Å². The van der Waals surface area contributed by atoms with Crippen LogP contribution in [0.5, 0.6) is 0 Å². The van der Waals surface area contributed by atoms with Crippen molar-refractivity contribution in [1.29, 1.82) is 0 Å². The number of ketones is 1. The second-order valence-electron chi connectivity index (χ2n) is 2.02. The minimum atomic E-state index is -4.53. The molecule has 0 aromatic rings. The molecule has 0 N–H and O–H groups in total. The summed E-state index contributed by atoms with van der Waals surface area (Å²) in [5.41, 5.74) is 0. The Hall–Kier alpha value is -0.610. The monoisotopic (exact) mass is 158 g/mol. The number of carbonyl (C=O) groups excluding carboxylic acids is 1. The van der Waals surface area contributed by atoms with Gasteiger partial charge in [-0.2, -0.15) is 17.6 Å². The molecule has 1 nitrogen and oxygen atoms in total. The number of halogens is 4. The maximum Gasteiger partial charge on any atom is 0.366 e. The molecular formula is C5H6F4O. The molecule has 0 aromatic heterocycles. The van der Waals surface area contributed by atoms with Gasteiger partial charge >= 0.3 is 11.8 Å². The Bertz CT molecular complexity index is 146. The van der Waals surface area contributed by atoms with Crippen LogP contribution < -0.4 is 0 Å². The number of alkyl halides is 4. The van der Waals surface area contributed by atoms with E-state index in [1.54, 1.807) is 0 Å². The van der Waals surface area contributed by atoms with E-state index in [4.69, 9.17) is 0 Å². The Labute approximate surface area is 55.0 Å². The van der Waals surface area contributed by atoms with E-state index in [0.717, 1.165) is 0 Å². The summed E-state index contributed by atoms with van der Waals surface area (Å²) in [4.78, 5) is 9.88. The standard InChI is InChI=1S/C5H6F4O/c1-3(10)5(8,9)4(2,6)7/h1-2H3. The Morgan fingerprint density at radius 2 is 1.50 bits per heavy atom. The summed E-state index contributed by atoms with van der Waals surface area (Å²) in [5, 5.41) is 0. The minimum Gasteiger partial charge on any atom is -0.293 e. The Morgan fingerprint density at radius 3 is 1.50 bits per heavy atom. The van der Waals surface area contributed by atoms with Crippen LogP contribution in [-0.2, 0) is 4.79 Å². The van der Waals surface area contributed by atoms with E-state index in [1.165, 1.54) is 0 Å². The van der Waals surface area contributed by atoms with E-state index in [-0.39, 0.29) is 6.92 Å². The number of hydrogen-bond acceptors (Lipinski definition) is 1. The fraction of sp³-hybridized carbons (Fsp3) is 0.800. The summed E-state index contributed by atoms with van der Waals surface area (Å²) in [7, 11) is 0. The molecule has 0 aliphatic carbocycles. The molecule has 0 unspecified atom stereocenters. The van der Waals surface area contributed by atoms with Crippen molar-refractivity contribution >= 4 is 5.78 Å². The van der Waals surface area contributed by atoms with Crippen molar-refractivity contribution in [2.75, 3.05) is 0 Å². The minimum absolute atomic E-state index is 0.00833. The third-order valence-electron chi connectivity index (χ3n) is 0.993. The Morgan fingerprint density at radius 1 is 1.20 bits per heavy atom. The van der Waals surface area contributed by atoms with Crippen molar-refractivity contribution in [2.24, 2.45) is 0 Å². The van der Waals surface area contributed by atoms with Gasteiger partial charge in [0.1, 0.15) is 0 Å². The molecule has 0 radical (unpaired) electrons. The van der Waals surface area contributed by atoms with E-state index in [9.17, 15) is 22.4 Å². The fourth-order valence-electron chi connectivity index (χ4n) is 0.309.